The van der Waals surface area contributed by atoms with E-state index < -0.39 is 11.9 Å². The first-order chi connectivity index (χ1) is 17.9. The Bertz CT molecular complexity index is 1640. The van der Waals surface area contributed by atoms with E-state index in [9.17, 15) is 14.4 Å². The van der Waals surface area contributed by atoms with Gasteiger partial charge in [-0.2, -0.15) is 4.99 Å². The first kappa shape index (κ1) is 24.6. The highest BCUT2D eigenvalue weighted by Gasteiger charge is 2.24. The molecule has 1 fully saturated rings. The summed E-state index contributed by atoms with van der Waals surface area (Å²) in [5.41, 5.74) is 2.82. The van der Waals surface area contributed by atoms with Crippen LogP contribution in [0.25, 0.3) is 16.7 Å². The predicted molar refractivity (Wildman–Crippen MR) is 138 cm³/mol. The molecule has 0 radical (unpaired) electrons. The third-order valence-corrected chi connectivity index (χ3v) is 6.52. The van der Waals surface area contributed by atoms with Gasteiger partial charge in [-0.3, -0.25) is 14.0 Å². The van der Waals surface area contributed by atoms with Crippen molar-refractivity contribution in [3.05, 3.63) is 86.8 Å². The van der Waals surface area contributed by atoms with Crippen molar-refractivity contribution in [1.29, 1.82) is 0 Å². The fourth-order valence-corrected chi connectivity index (χ4v) is 4.59. The highest BCUT2D eigenvalue weighted by atomic mass is 16.5. The van der Waals surface area contributed by atoms with Gasteiger partial charge in [-0.1, -0.05) is 23.8 Å². The zero-order valence-corrected chi connectivity index (χ0v) is 21.1. The first-order valence-electron chi connectivity index (χ1n) is 12.4. The average molecular weight is 501 g/mol. The van der Waals surface area contributed by atoms with Gasteiger partial charge in [0.25, 0.3) is 11.5 Å². The zero-order chi connectivity index (χ0) is 26.1. The fourth-order valence-electron chi connectivity index (χ4n) is 4.59. The summed E-state index contributed by atoms with van der Waals surface area (Å²) < 4.78 is 14.3. The largest absolute Gasteiger partial charge is 0.462 e. The van der Waals surface area contributed by atoms with Crippen LogP contribution in [0.2, 0.25) is 0 Å². The van der Waals surface area contributed by atoms with Gasteiger partial charge in [-0.25, -0.2) is 9.78 Å². The number of fused-ring (bicyclic) bond motifs is 2. The van der Waals surface area contributed by atoms with E-state index in [4.69, 9.17) is 14.5 Å². The number of aryl methyl sites for hydroxylation is 2. The summed E-state index contributed by atoms with van der Waals surface area (Å²) in [6, 6.07) is 12.1. The van der Waals surface area contributed by atoms with E-state index in [-0.39, 0.29) is 41.3 Å². The third kappa shape index (κ3) is 4.70. The minimum Gasteiger partial charge on any atom is -0.462 e. The molecule has 0 aliphatic carbocycles. The summed E-state index contributed by atoms with van der Waals surface area (Å²) in [6.07, 6.45) is 3.17. The van der Waals surface area contributed by atoms with Crippen molar-refractivity contribution in [1.82, 2.24) is 14.0 Å². The zero-order valence-electron chi connectivity index (χ0n) is 21.1. The van der Waals surface area contributed by atoms with Crippen LogP contribution < -0.4 is 11.0 Å². The molecule has 0 spiro atoms. The summed E-state index contributed by atoms with van der Waals surface area (Å²) in [5, 5.41) is 0.228. The van der Waals surface area contributed by atoms with Crippen molar-refractivity contribution in [2.75, 3.05) is 13.2 Å². The number of hydrogen-bond acceptors (Lipinski definition) is 6. The van der Waals surface area contributed by atoms with Gasteiger partial charge in [0, 0.05) is 18.4 Å². The Morgan fingerprint density at radius 1 is 1.16 bits per heavy atom. The second-order valence-corrected chi connectivity index (χ2v) is 9.17. The van der Waals surface area contributed by atoms with Gasteiger partial charge in [0.05, 0.1) is 24.6 Å². The van der Waals surface area contributed by atoms with E-state index >= 15 is 0 Å². The molecule has 0 unspecified atom stereocenters. The number of rotatable bonds is 5. The number of benzene rings is 1. The molecule has 4 aromatic rings. The fraction of sp³-hybridized carbons (Fsp3) is 0.321. The lowest BCUT2D eigenvalue weighted by Crippen LogP contribution is -2.35. The maximum absolute atomic E-state index is 13.6. The molecule has 0 N–H and O–H groups in total. The maximum atomic E-state index is 13.6. The predicted octanol–water partition coefficient (Wildman–Crippen LogP) is 3.36. The Labute approximate surface area is 213 Å². The van der Waals surface area contributed by atoms with Crippen molar-refractivity contribution < 1.29 is 19.1 Å². The highest BCUT2D eigenvalue weighted by molar-refractivity contribution is 5.97. The summed E-state index contributed by atoms with van der Waals surface area (Å²) >= 11 is 0. The van der Waals surface area contributed by atoms with Gasteiger partial charge in [0.2, 0.25) is 0 Å². The van der Waals surface area contributed by atoms with Crippen LogP contribution in [0.5, 0.6) is 0 Å². The average Bonchev–Trinajstić information content (AvgIpc) is 3.40. The second-order valence-electron chi connectivity index (χ2n) is 9.17. The lowest BCUT2D eigenvalue weighted by atomic mass is 10.1. The molecule has 3 aromatic heterocycles. The number of carbonyl (C=O) groups excluding carboxylic acids is 2. The van der Waals surface area contributed by atoms with E-state index in [1.807, 2.05) is 32.0 Å². The topological polar surface area (TPSA) is 104 Å². The number of ether oxygens (including phenoxy) is 2. The molecule has 1 aliphatic heterocycles. The van der Waals surface area contributed by atoms with Gasteiger partial charge >= 0.3 is 5.97 Å². The Kier molecular flexibility index (Phi) is 6.71. The van der Waals surface area contributed by atoms with Gasteiger partial charge in [0.15, 0.2) is 5.49 Å². The number of carbonyl (C=O) groups is 2. The molecular weight excluding hydrogens is 472 g/mol. The number of nitrogens with zero attached hydrogens (tertiary/aromatic N) is 4. The van der Waals surface area contributed by atoms with Crippen molar-refractivity contribution in [2.45, 2.75) is 46.3 Å². The number of amides is 1. The minimum atomic E-state index is -0.672. The minimum absolute atomic E-state index is 0.0271. The van der Waals surface area contributed by atoms with Gasteiger partial charge in [-0.05, 0) is 63.4 Å². The van der Waals surface area contributed by atoms with E-state index in [0.717, 1.165) is 24.0 Å². The van der Waals surface area contributed by atoms with Crippen molar-refractivity contribution in [3.8, 4) is 0 Å². The maximum Gasteiger partial charge on any atom is 0.341 e. The van der Waals surface area contributed by atoms with Crippen LogP contribution in [0.3, 0.4) is 0 Å². The molecule has 1 saturated heterocycles. The lowest BCUT2D eigenvalue weighted by Gasteiger charge is -2.18. The van der Waals surface area contributed by atoms with Crippen LogP contribution in [0, 0.1) is 13.8 Å². The molecule has 9 heteroatoms. The van der Waals surface area contributed by atoms with Crippen LogP contribution in [0.4, 0.5) is 0 Å². The molecule has 4 heterocycles. The number of hydrogen-bond donors (Lipinski definition) is 0. The SMILES string of the molecule is CCOC(=O)c1cc2c(=O)n3cccc(C)c3nc2n(C[C@H]2CCCO2)c1=NC(=O)c1ccc(C)cc1. The van der Waals surface area contributed by atoms with Crippen LogP contribution in [0.1, 0.15) is 51.6 Å². The summed E-state index contributed by atoms with van der Waals surface area (Å²) in [5.74, 6) is -1.19. The van der Waals surface area contributed by atoms with Gasteiger partial charge in [0.1, 0.15) is 16.9 Å². The monoisotopic (exact) mass is 500 g/mol. The molecule has 1 aliphatic rings. The Hall–Kier alpha value is -4.11. The highest BCUT2D eigenvalue weighted by Crippen LogP contribution is 2.18. The van der Waals surface area contributed by atoms with Crippen molar-refractivity contribution in [3.63, 3.8) is 0 Å². The molecular formula is C28H28N4O5. The summed E-state index contributed by atoms with van der Waals surface area (Å²) in [7, 11) is 0. The lowest BCUT2D eigenvalue weighted by molar-refractivity contribution is 0.0521. The van der Waals surface area contributed by atoms with Crippen LogP contribution in [-0.2, 0) is 16.0 Å². The molecule has 37 heavy (non-hydrogen) atoms. The Morgan fingerprint density at radius 2 is 1.95 bits per heavy atom. The quantitative estimate of drug-likeness (QED) is 0.307. The molecule has 9 nitrogen and oxygen atoms in total. The van der Waals surface area contributed by atoms with Crippen LogP contribution >= 0.6 is 0 Å². The van der Waals surface area contributed by atoms with E-state index in [1.54, 1.807) is 35.9 Å². The summed E-state index contributed by atoms with van der Waals surface area (Å²) in [4.78, 5) is 49.2. The first-order valence-corrected chi connectivity index (χ1v) is 12.4. The normalized spacial score (nSPS) is 16.0. The molecule has 1 atom stereocenters. The number of aromatic nitrogens is 3. The van der Waals surface area contributed by atoms with Gasteiger partial charge in [-0.15, -0.1) is 0 Å². The van der Waals surface area contributed by atoms with Crippen molar-refractivity contribution in [2.24, 2.45) is 4.99 Å². The van der Waals surface area contributed by atoms with Crippen LogP contribution in [-0.4, -0.2) is 45.1 Å². The van der Waals surface area contributed by atoms with E-state index in [1.165, 1.54) is 10.5 Å². The molecule has 5 rings (SSSR count). The molecule has 1 amide bonds. The second kappa shape index (κ2) is 10.1. The number of esters is 1. The Morgan fingerprint density at radius 3 is 2.65 bits per heavy atom. The van der Waals surface area contributed by atoms with Gasteiger partial charge < -0.3 is 14.0 Å². The Balaban J connectivity index is 1.87. The molecule has 0 bridgehead atoms. The molecule has 190 valence electrons. The molecule has 1 aromatic carbocycles. The molecule has 0 saturated carbocycles. The van der Waals surface area contributed by atoms with E-state index in [0.29, 0.717) is 23.5 Å². The van der Waals surface area contributed by atoms with E-state index in [2.05, 4.69) is 4.99 Å². The van der Waals surface area contributed by atoms with Crippen LogP contribution in [0.15, 0.2) is 58.4 Å². The summed E-state index contributed by atoms with van der Waals surface area (Å²) in [6.45, 7) is 6.52. The standard InChI is InChI=1S/C28H28N4O5/c1-4-36-28(35)22-15-21-24(29-23-18(3)7-5-13-31(23)27(21)34)32(16-20-8-6-14-37-20)25(22)30-26(33)19-11-9-17(2)10-12-19/h5,7,9-13,15,20H,4,6,8,14,16H2,1-3H3/t20-/m1/s1. The third-order valence-electron chi connectivity index (χ3n) is 6.52. The smallest absolute Gasteiger partial charge is 0.341 e. The van der Waals surface area contributed by atoms with Crippen molar-refractivity contribution >= 4 is 28.6 Å². The number of pyridine rings is 2.